The lowest BCUT2D eigenvalue weighted by Crippen LogP contribution is -2.11. The Hall–Kier alpha value is -0.260. The fourth-order valence-electron chi connectivity index (χ4n) is 2.04. The van der Waals surface area contributed by atoms with Gasteiger partial charge >= 0.3 is 0 Å². The second-order valence-corrected chi connectivity index (χ2v) is 3.89. The van der Waals surface area contributed by atoms with Crippen molar-refractivity contribution < 1.29 is 0 Å². The van der Waals surface area contributed by atoms with Crippen molar-refractivity contribution in [2.75, 3.05) is 0 Å². The molecule has 2 unspecified atom stereocenters. The predicted molar refractivity (Wildman–Crippen MR) is 45.9 cm³/mol. The van der Waals surface area contributed by atoms with Gasteiger partial charge in [0, 0.05) is 0 Å². The van der Waals surface area contributed by atoms with Crippen LogP contribution in [0.15, 0.2) is 12.2 Å². The molecule has 58 valence electrons. The van der Waals surface area contributed by atoms with Gasteiger partial charge in [-0.05, 0) is 30.6 Å². The largest absolute Gasteiger partial charge is 0.0996 e. The van der Waals surface area contributed by atoms with Crippen LogP contribution in [0.3, 0.4) is 0 Å². The molecule has 0 heteroatoms. The van der Waals surface area contributed by atoms with Crippen LogP contribution in [-0.2, 0) is 0 Å². The molecule has 1 rings (SSSR count). The van der Waals surface area contributed by atoms with Crippen molar-refractivity contribution >= 4 is 0 Å². The van der Waals surface area contributed by atoms with Gasteiger partial charge in [-0.2, -0.15) is 0 Å². The maximum absolute atomic E-state index is 4.07. The summed E-state index contributed by atoms with van der Waals surface area (Å²) >= 11 is 0. The van der Waals surface area contributed by atoms with Gasteiger partial charge in [0.05, 0.1) is 0 Å². The van der Waals surface area contributed by atoms with Crippen LogP contribution < -0.4 is 0 Å². The number of hydrogen-bond acceptors (Lipinski definition) is 0. The van der Waals surface area contributed by atoms with Gasteiger partial charge in [-0.25, -0.2) is 0 Å². The smallest absolute Gasteiger partial charge is 0.0203 e. The first-order valence-corrected chi connectivity index (χ1v) is 4.30. The zero-order valence-corrected chi connectivity index (χ0v) is 7.35. The third-order valence-corrected chi connectivity index (χ3v) is 2.94. The number of rotatable bonds is 1. The molecule has 0 heterocycles. The highest BCUT2D eigenvalue weighted by atomic mass is 14.3. The average Bonchev–Trinajstić information content (AvgIpc) is 2.14. The van der Waals surface area contributed by atoms with Crippen molar-refractivity contribution in [2.24, 2.45) is 17.8 Å². The predicted octanol–water partition coefficient (Wildman–Crippen LogP) is 3.24. The molecule has 0 spiro atoms. The molecule has 0 N–H and O–H groups in total. The Balaban J connectivity index is 2.57. The van der Waals surface area contributed by atoms with Gasteiger partial charge in [-0.3, -0.25) is 0 Å². The van der Waals surface area contributed by atoms with Crippen LogP contribution >= 0.6 is 0 Å². The van der Waals surface area contributed by atoms with Gasteiger partial charge in [0.2, 0.25) is 0 Å². The molecule has 2 atom stereocenters. The normalized spacial score (nSPS) is 33.8. The lowest BCUT2D eigenvalue weighted by atomic mass is 9.86. The van der Waals surface area contributed by atoms with Gasteiger partial charge < -0.3 is 0 Å². The Bertz CT molecular complexity index is 133. The third kappa shape index (κ3) is 1.25. The zero-order valence-electron chi connectivity index (χ0n) is 7.35. The summed E-state index contributed by atoms with van der Waals surface area (Å²) in [7, 11) is 0. The molecular formula is C10H18. The topological polar surface area (TPSA) is 0 Å². The van der Waals surface area contributed by atoms with E-state index in [0.717, 1.165) is 17.8 Å². The first-order valence-electron chi connectivity index (χ1n) is 4.30. The summed E-state index contributed by atoms with van der Waals surface area (Å²) < 4.78 is 0. The van der Waals surface area contributed by atoms with E-state index < -0.39 is 0 Å². The number of hydrogen-bond donors (Lipinski definition) is 0. The lowest BCUT2D eigenvalue weighted by molar-refractivity contribution is 0.332. The molecule has 0 bridgehead atoms. The van der Waals surface area contributed by atoms with E-state index in [0.29, 0.717) is 0 Å². The van der Waals surface area contributed by atoms with Crippen molar-refractivity contribution in [3.63, 3.8) is 0 Å². The molecule has 0 nitrogen and oxygen atoms in total. The third-order valence-electron chi connectivity index (χ3n) is 2.94. The molecule has 1 aliphatic rings. The van der Waals surface area contributed by atoms with Crippen molar-refractivity contribution in [2.45, 2.75) is 33.6 Å². The van der Waals surface area contributed by atoms with E-state index in [9.17, 15) is 0 Å². The summed E-state index contributed by atoms with van der Waals surface area (Å²) in [5, 5.41) is 0. The summed E-state index contributed by atoms with van der Waals surface area (Å²) in [4.78, 5) is 0. The molecule has 10 heavy (non-hydrogen) atoms. The minimum absolute atomic E-state index is 0.778. The Labute approximate surface area is 64.3 Å². The summed E-state index contributed by atoms with van der Waals surface area (Å²) in [6.07, 6.45) is 2.64. The van der Waals surface area contributed by atoms with Crippen LogP contribution in [0.2, 0.25) is 0 Å². The summed E-state index contributed by atoms with van der Waals surface area (Å²) in [6, 6.07) is 0. The first kappa shape index (κ1) is 7.84. The van der Waals surface area contributed by atoms with E-state index in [1.807, 2.05) is 0 Å². The van der Waals surface area contributed by atoms with E-state index >= 15 is 0 Å². The van der Waals surface area contributed by atoms with Crippen molar-refractivity contribution in [3.8, 4) is 0 Å². The maximum atomic E-state index is 4.07. The summed E-state index contributed by atoms with van der Waals surface area (Å²) in [6.45, 7) is 11.0. The van der Waals surface area contributed by atoms with Crippen LogP contribution in [0.4, 0.5) is 0 Å². The quantitative estimate of drug-likeness (QED) is 0.488. The van der Waals surface area contributed by atoms with Crippen LogP contribution in [-0.4, -0.2) is 0 Å². The monoisotopic (exact) mass is 138 g/mol. The Kier molecular flexibility index (Phi) is 2.18. The molecule has 0 aliphatic heterocycles. The summed E-state index contributed by atoms with van der Waals surface area (Å²) in [5.74, 6) is 2.53. The molecule has 0 aromatic carbocycles. The fraction of sp³-hybridized carbons (Fsp3) is 0.800. The van der Waals surface area contributed by atoms with Gasteiger partial charge in [0.25, 0.3) is 0 Å². The number of allylic oxidation sites excluding steroid dienone is 1. The van der Waals surface area contributed by atoms with Crippen LogP contribution in [0, 0.1) is 17.8 Å². The highest BCUT2D eigenvalue weighted by Gasteiger charge is 2.28. The molecule has 0 aromatic heterocycles. The minimum atomic E-state index is 0.778. The van der Waals surface area contributed by atoms with Crippen molar-refractivity contribution in [3.05, 3.63) is 12.2 Å². The molecule has 0 radical (unpaired) electrons. The van der Waals surface area contributed by atoms with Crippen LogP contribution in [0.1, 0.15) is 33.6 Å². The molecule has 0 amide bonds. The minimum Gasteiger partial charge on any atom is -0.0996 e. The Morgan fingerprint density at radius 2 is 2.10 bits per heavy atom. The zero-order chi connectivity index (χ0) is 7.72. The van der Waals surface area contributed by atoms with E-state index in [4.69, 9.17) is 0 Å². The molecule has 1 aliphatic carbocycles. The first-order chi connectivity index (χ1) is 4.63. The fourth-order valence-corrected chi connectivity index (χ4v) is 2.04. The van der Waals surface area contributed by atoms with Gasteiger partial charge in [-0.1, -0.05) is 32.9 Å². The van der Waals surface area contributed by atoms with Crippen LogP contribution in [0.5, 0.6) is 0 Å². The average molecular weight is 138 g/mol. The van der Waals surface area contributed by atoms with E-state index in [1.54, 1.807) is 0 Å². The van der Waals surface area contributed by atoms with E-state index in [1.165, 1.54) is 18.4 Å². The molecule has 0 saturated heterocycles. The van der Waals surface area contributed by atoms with Crippen LogP contribution in [0.25, 0.3) is 0 Å². The highest BCUT2D eigenvalue weighted by Crippen LogP contribution is 2.39. The maximum Gasteiger partial charge on any atom is -0.0203 e. The Morgan fingerprint density at radius 1 is 1.50 bits per heavy atom. The van der Waals surface area contributed by atoms with Crippen molar-refractivity contribution in [1.82, 2.24) is 0 Å². The second kappa shape index (κ2) is 2.77. The SMILES string of the molecule is C=C1CCC(C(C)C)C1C. The molecule has 1 saturated carbocycles. The van der Waals surface area contributed by atoms with Crippen molar-refractivity contribution in [1.29, 1.82) is 0 Å². The van der Waals surface area contributed by atoms with E-state index in [2.05, 4.69) is 27.4 Å². The standard InChI is InChI=1S/C10H18/c1-7(2)10-6-5-8(3)9(10)4/h7,9-10H,3,5-6H2,1-2,4H3. The lowest BCUT2D eigenvalue weighted by Gasteiger charge is -2.19. The van der Waals surface area contributed by atoms with Gasteiger partial charge in [0.1, 0.15) is 0 Å². The summed E-state index contributed by atoms with van der Waals surface area (Å²) in [5.41, 5.74) is 1.47. The molecular weight excluding hydrogens is 120 g/mol. The highest BCUT2D eigenvalue weighted by molar-refractivity contribution is 5.07. The van der Waals surface area contributed by atoms with Gasteiger partial charge in [-0.15, -0.1) is 0 Å². The molecule has 1 fully saturated rings. The Morgan fingerprint density at radius 3 is 2.30 bits per heavy atom. The second-order valence-electron chi connectivity index (χ2n) is 3.89. The van der Waals surface area contributed by atoms with Gasteiger partial charge in [0.15, 0.2) is 0 Å². The molecule has 0 aromatic rings. The van der Waals surface area contributed by atoms with E-state index in [-0.39, 0.29) is 0 Å².